The molecule has 21 heavy (non-hydrogen) atoms. The molecule has 3 rings (SSSR count). The molecule has 2 aromatic rings. The molecule has 1 amide bonds. The van der Waals surface area contributed by atoms with E-state index in [0.29, 0.717) is 12.2 Å². The molecule has 0 aliphatic carbocycles. The Hall–Kier alpha value is -1.72. The van der Waals surface area contributed by atoms with Crippen LogP contribution >= 0.6 is 11.3 Å². The van der Waals surface area contributed by atoms with E-state index >= 15 is 0 Å². The largest absolute Gasteiger partial charge is 0.325 e. The summed E-state index contributed by atoms with van der Waals surface area (Å²) in [6.45, 7) is 3.90. The number of thiophene rings is 1. The molecule has 0 radical (unpaired) electrons. The minimum absolute atomic E-state index is 0.0950. The van der Waals surface area contributed by atoms with Crippen LogP contribution in [0.4, 0.5) is 10.1 Å². The Bertz CT molecular complexity index is 668. The molecule has 1 N–H and O–H groups in total. The Kier molecular flexibility index (Phi) is 4.03. The Morgan fingerprint density at radius 1 is 1.43 bits per heavy atom. The van der Waals surface area contributed by atoms with Gasteiger partial charge in [-0.25, -0.2) is 4.39 Å². The summed E-state index contributed by atoms with van der Waals surface area (Å²) in [4.78, 5) is 15.7. The zero-order valence-corrected chi connectivity index (χ0v) is 12.7. The highest BCUT2D eigenvalue weighted by Crippen LogP contribution is 2.24. The average Bonchev–Trinajstić information content (AvgIpc) is 2.90. The fraction of sp³-hybridized carbons (Fsp3) is 0.312. The summed E-state index contributed by atoms with van der Waals surface area (Å²) in [6, 6.07) is 6.55. The molecule has 1 aromatic heterocycles. The lowest BCUT2D eigenvalue weighted by Gasteiger charge is -2.26. The fourth-order valence-corrected chi connectivity index (χ4v) is 3.45. The molecule has 0 unspecified atom stereocenters. The molecule has 3 nitrogen and oxygen atoms in total. The van der Waals surface area contributed by atoms with Crippen molar-refractivity contribution < 1.29 is 9.18 Å². The first-order valence-corrected chi connectivity index (χ1v) is 7.83. The second-order valence-electron chi connectivity index (χ2n) is 5.34. The number of benzene rings is 1. The number of carbonyl (C=O) groups is 1. The van der Waals surface area contributed by atoms with E-state index in [-0.39, 0.29) is 11.7 Å². The lowest BCUT2D eigenvalue weighted by molar-refractivity contribution is -0.117. The summed E-state index contributed by atoms with van der Waals surface area (Å²) in [6.07, 6.45) is 0.999. The van der Waals surface area contributed by atoms with Crippen LogP contribution in [0.15, 0.2) is 29.6 Å². The lowest BCUT2D eigenvalue weighted by atomic mass is 10.1. The Morgan fingerprint density at radius 2 is 2.29 bits per heavy atom. The van der Waals surface area contributed by atoms with Crippen molar-refractivity contribution in [3.05, 3.63) is 51.5 Å². The third-order valence-corrected chi connectivity index (χ3v) is 4.75. The number of fused-ring (bicyclic) bond motifs is 1. The van der Waals surface area contributed by atoms with E-state index in [1.807, 2.05) is 6.92 Å². The number of nitrogens with one attached hydrogen (secondary N) is 1. The van der Waals surface area contributed by atoms with Gasteiger partial charge in [-0.15, -0.1) is 11.3 Å². The number of hydrogen-bond donors (Lipinski definition) is 1. The number of aryl methyl sites for hydroxylation is 1. The minimum atomic E-state index is -0.336. The molecule has 0 saturated heterocycles. The van der Waals surface area contributed by atoms with Crippen molar-refractivity contribution >= 4 is 22.9 Å². The summed E-state index contributed by atoms with van der Waals surface area (Å²) in [7, 11) is 0. The fourth-order valence-electron chi connectivity index (χ4n) is 2.56. The highest BCUT2D eigenvalue weighted by molar-refractivity contribution is 7.10. The van der Waals surface area contributed by atoms with Gasteiger partial charge in [0.25, 0.3) is 0 Å². The number of hydrogen-bond acceptors (Lipinski definition) is 3. The van der Waals surface area contributed by atoms with E-state index < -0.39 is 0 Å². The maximum Gasteiger partial charge on any atom is 0.238 e. The number of halogens is 1. The summed E-state index contributed by atoms with van der Waals surface area (Å²) in [5.74, 6) is -0.431. The van der Waals surface area contributed by atoms with Crippen LogP contribution in [0.25, 0.3) is 0 Å². The molecule has 110 valence electrons. The Balaban J connectivity index is 1.61. The van der Waals surface area contributed by atoms with Crippen LogP contribution in [-0.2, 0) is 17.8 Å². The van der Waals surface area contributed by atoms with Crippen molar-refractivity contribution in [2.45, 2.75) is 19.9 Å². The summed E-state index contributed by atoms with van der Waals surface area (Å²) in [5, 5.41) is 4.90. The summed E-state index contributed by atoms with van der Waals surface area (Å²) >= 11 is 1.78. The zero-order chi connectivity index (χ0) is 14.8. The van der Waals surface area contributed by atoms with Gasteiger partial charge in [-0.2, -0.15) is 0 Å². The molecule has 0 spiro atoms. The van der Waals surface area contributed by atoms with Gasteiger partial charge >= 0.3 is 0 Å². The maximum absolute atomic E-state index is 13.2. The third-order valence-electron chi connectivity index (χ3n) is 3.73. The molecular weight excluding hydrogens is 287 g/mol. The highest BCUT2D eigenvalue weighted by atomic mass is 32.1. The van der Waals surface area contributed by atoms with E-state index in [4.69, 9.17) is 0 Å². The summed E-state index contributed by atoms with van der Waals surface area (Å²) in [5.41, 5.74) is 2.73. The second kappa shape index (κ2) is 5.95. The zero-order valence-electron chi connectivity index (χ0n) is 11.9. The van der Waals surface area contributed by atoms with Crippen molar-refractivity contribution in [3.63, 3.8) is 0 Å². The standard InChI is InChI=1S/C16H17FN2OS/c1-11-2-3-13(17)8-14(11)18-16(20)10-19-6-4-15-12(9-19)5-7-21-15/h2-3,5,7-8H,4,6,9-10H2,1H3,(H,18,20). The van der Waals surface area contributed by atoms with Crippen LogP contribution in [0.1, 0.15) is 16.0 Å². The smallest absolute Gasteiger partial charge is 0.238 e. The first-order valence-electron chi connectivity index (χ1n) is 6.95. The monoisotopic (exact) mass is 304 g/mol. The van der Waals surface area contributed by atoms with Crippen LogP contribution < -0.4 is 5.32 Å². The van der Waals surface area contributed by atoms with Gasteiger partial charge in [0, 0.05) is 23.7 Å². The van der Waals surface area contributed by atoms with E-state index in [9.17, 15) is 9.18 Å². The van der Waals surface area contributed by atoms with E-state index in [2.05, 4.69) is 21.7 Å². The molecule has 2 heterocycles. The summed E-state index contributed by atoms with van der Waals surface area (Å²) < 4.78 is 13.2. The number of carbonyl (C=O) groups excluding carboxylic acids is 1. The predicted octanol–water partition coefficient (Wildman–Crippen LogP) is 3.19. The van der Waals surface area contributed by atoms with Gasteiger partial charge < -0.3 is 5.32 Å². The van der Waals surface area contributed by atoms with Gasteiger partial charge in [-0.1, -0.05) is 6.07 Å². The maximum atomic E-state index is 13.2. The van der Waals surface area contributed by atoms with Crippen LogP contribution in [0.5, 0.6) is 0 Å². The Labute approximate surface area is 127 Å². The van der Waals surface area contributed by atoms with E-state index in [1.165, 1.54) is 22.6 Å². The van der Waals surface area contributed by atoms with Crippen molar-refractivity contribution in [1.82, 2.24) is 4.90 Å². The first kappa shape index (κ1) is 14.2. The van der Waals surface area contributed by atoms with Crippen LogP contribution in [-0.4, -0.2) is 23.9 Å². The van der Waals surface area contributed by atoms with Gasteiger partial charge in [-0.05, 0) is 48.1 Å². The van der Waals surface area contributed by atoms with Crippen molar-refractivity contribution in [2.75, 3.05) is 18.4 Å². The number of amides is 1. The highest BCUT2D eigenvalue weighted by Gasteiger charge is 2.19. The minimum Gasteiger partial charge on any atom is -0.325 e. The lowest BCUT2D eigenvalue weighted by Crippen LogP contribution is -2.36. The Morgan fingerprint density at radius 3 is 3.14 bits per heavy atom. The molecule has 1 aliphatic heterocycles. The first-order chi connectivity index (χ1) is 10.1. The number of nitrogens with zero attached hydrogens (tertiary/aromatic N) is 1. The molecule has 0 fully saturated rings. The van der Waals surface area contributed by atoms with Crippen molar-refractivity contribution in [2.24, 2.45) is 0 Å². The van der Waals surface area contributed by atoms with Gasteiger partial charge in [0.15, 0.2) is 0 Å². The molecule has 1 aliphatic rings. The van der Waals surface area contributed by atoms with Gasteiger partial charge in [0.1, 0.15) is 5.82 Å². The molecule has 0 atom stereocenters. The molecular formula is C16H17FN2OS. The molecule has 0 saturated carbocycles. The van der Waals surface area contributed by atoms with Crippen LogP contribution in [0.3, 0.4) is 0 Å². The molecule has 5 heteroatoms. The van der Waals surface area contributed by atoms with Gasteiger partial charge in [-0.3, -0.25) is 9.69 Å². The normalized spacial score (nSPS) is 14.8. The predicted molar refractivity (Wildman–Crippen MR) is 83.1 cm³/mol. The van der Waals surface area contributed by atoms with Crippen molar-refractivity contribution in [3.8, 4) is 0 Å². The SMILES string of the molecule is Cc1ccc(F)cc1NC(=O)CN1CCc2sccc2C1. The van der Waals surface area contributed by atoms with E-state index in [1.54, 1.807) is 17.4 Å². The third kappa shape index (κ3) is 3.31. The van der Waals surface area contributed by atoms with Crippen LogP contribution in [0.2, 0.25) is 0 Å². The van der Waals surface area contributed by atoms with Crippen molar-refractivity contribution in [1.29, 1.82) is 0 Å². The van der Waals surface area contributed by atoms with Gasteiger partial charge in [0.2, 0.25) is 5.91 Å². The average molecular weight is 304 g/mol. The van der Waals surface area contributed by atoms with E-state index in [0.717, 1.165) is 25.1 Å². The quantitative estimate of drug-likeness (QED) is 0.944. The molecule has 0 bridgehead atoms. The topological polar surface area (TPSA) is 32.3 Å². The van der Waals surface area contributed by atoms with Crippen LogP contribution in [0, 0.1) is 12.7 Å². The number of rotatable bonds is 3. The van der Waals surface area contributed by atoms with Gasteiger partial charge in [0.05, 0.1) is 6.54 Å². The molecule has 1 aromatic carbocycles. The second-order valence-corrected chi connectivity index (χ2v) is 6.34. The number of anilines is 1.